The van der Waals surface area contributed by atoms with Crippen molar-refractivity contribution in [2.75, 3.05) is 5.43 Å². The number of ether oxygens (including phenoxy) is 1. The number of nitrogens with zero attached hydrogens (tertiary/aromatic N) is 2. The van der Waals surface area contributed by atoms with Crippen LogP contribution in [0.1, 0.15) is 12.5 Å². The Kier molecular flexibility index (Phi) is 4.07. The molecule has 4 aromatic rings. The van der Waals surface area contributed by atoms with Gasteiger partial charge in [-0.1, -0.05) is 47.4 Å². The fourth-order valence-corrected chi connectivity index (χ4v) is 4.67. The van der Waals surface area contributed by atoms with Gasteiger partial charge in [-0.25, -0.2) is 4.98 Å². The first-order valence-electron chi connectivity index (χ1n) is 8.51. The molecule has 0 aliphatic carbocycles. The van der Waals surface area contributed by atoms with E-state index in [4.69, 9.17) is 4.74 Å². The zero-order valence-corrected chi connectivity index (χ0v) is 16.1. The third-order valence-corrected chi connectivity index (χ3v) is 6.30. The topological polar surface area (TPSA) is 46.5 Å². The summed E-state index contributed by atoms with van der Waals surface area (Å²) in [5.74, 6) is 1.79. The zero-order valence-electron chi connectivity index (χ0n) is 14.5. The van der Waals surface area contributed by atoms with E-state index in [2.05, 4.69) is 33.7 Å². The van der Waals surface area contributed by atoms with E-state index in [1.807, 2.05) is 55.5 Å². The number of thiazole rings is 1. The molecule has 1 N–H and O–H groups in total. The van der Waals surface area contributed by atoms with E-state index in [0.717, 1.165) is 47.9 Å². The Labute approximate surface area is 164 Å². The average Bonchev–Trinajstić information content (AvgIpc) is 3.13. The number of benzene rings is 3. The number of hydrogen-bond donors (Lipinski definition) is 1. The van der Waals surface area contributed by atoms with Crippen LogP contribution in [0.2, 0.25) is 0 Å². The maximum absolute atomic E-state index is 5.99. The number of nitrogens with one attached hydrogen (secondary N) is 1. The van der Waals surface area contributed by atoms with Gasteiger partial charge in [0.25, 0.3) is 0 Å². The SMILES string of the molecule is C/C(=N\Nc1nc2ccccc2s1)c1ccc2c(c1)Sc1ccccc1O2. The van der Waals surface area contributed by atoms with Crippen molar-refractivity contribution in [2.24, 2.45) is 5.10 Å². The van der Waals surface area contributed by atoms with Crippen LogP contribution in [0.5, 0.6) is 11.5 Å². The number of para-hydroxylation sites is 2. The smallest absolute Gasteiger partial charge is 0.204 e. The summed E-state index contributed by atoms with van der Waals surface area (Å²) in [5.41, 5.74) is 6.02. The lowest BCUT2D eigenvalue weighted by atomic mass is 10.1. The van der Waals surface area contributed by atoms with Gasteiger partial charge in [0.05, 0.1) is 25.7 Å². The molecule has 2 heterocycles. The number of aromatic nitrogens is 1. The minimum Gasteiger partial charge on any atom is -0.455 e. The van der Waals surface area contributed by atoms with E-state index in [-0.39, 0.29) is 0 Å². The molecule has 0 radical (unpaired) electrons. The Hall–Kier alpha value is -2.83. The zero-order chi connectivity index (χ0) is 18.2. The third kappa shape index (κ3) is 3.18. The minimum absolute atomic E-state index is 0.792. The van der Waals surface area contributed by atoms with Crippen molar-refractivity contribution in [3.05, 3.63) is 72.3 Å². The Morgan fingerprint density at radius 2 is 1.78 bits per heavy atom. The summed E-state index contributed by atoms with van der Waals surface area (Å²) in [6.45, 7) is 1.99. The number of fused-ring (bicyclic) bond motifs is 3. The van der Waals surface area contributed by atoms with E-state index in [9.17, 15) is 0 Å². The standard InChI is InChI=1S/C21H15N3OS2/c1-13(23-24-21-22-15-6-2-4-8-18(15)27-21)14-10-11-17-20(12-14)26-19-9-5-3-7-16(19)25-17/h2-12H,1H3,(H,22,24)/b23-13+. The number of hydrogen-bond acceptors (Lipinski definition) is 6. The predicted molar refractivity (Wildman–Crippen MR) is 113 cm³/mol. The highest BCUT2D eigenvalue weighted by Gasteiger charge is 2.18. The fraction of sp³-hybridized carbons (Fsp3) is 0.0476. The van der Waals surface area contributed by atoms with Crippen LogP contribution in [0.15, 0.2) is 81.6 Å². The van der Waals surface area contributed by atoms with Gasteiger partial charge in [-0.3, -0.25) is 5.43 Å². The maximum atomic E-state index is 5.99. The van der Waals surface area contributed by atoms with Gasteiger partial charge in [-0.15, -0.1) is 0 Å². The summed E-state index contributed by atoms with van der Waals surface area (Å²) in [7, 11) is 0. The summed E-state index contributed by atoms with van der Waals surface area (Å²) in [5, 5.41) is 5.31. The fourth-order valence-electron chi connectivity index (χ4n) is 2.87. The Morgan fingerprint density at radius 1 is 0.963 bits per heavy atom. The van der Waals surface area contributed by atoms with Crippen molar-refractivity contribution in [1.29, 1.82) is 0 Å². The molecule has 1 aliphatic rings. The van der Waals surface area contributed by atoms with Gasteiger partial charge in [0.2, 0.25) is 5.13 Å². The van der Waals surface area contributed by atoms with Gasteiger partial charge in [0.15, 0.2) is 0 Å². The molecule has 0 saturated heterocycles. The molecular weight excluding hydrogens is 374 g/mol. The molecule has 0 fully saturated rings. The first-order chi connectivity index (χ1) is 13.3. The van der Waals surface area contributed by atoms with E-state index in [1.54, 1.807) is 23.1 Å². The highest BCUT2D eigenvalue weighted by Crippen LogP contribution is 2.46. The first-order valence-corrected chi connectivity index (χ1v) is 10.1. The molecule has 0 amide bonds. The molecule has 132 valence electrons. The van der Waals surface area contributed by atoms with Gasteiger partial charge < -0.3 is 4.74 Å². The van der Waals surface area contributed by atoms with Crippen LogP contribution in [0, 0.1) is 0 Å². The van der Waals surface area contributed by atoms with E-state index < -0.39 is 0 Å². The van der Waals surface area contributed by atoms with Gasteiger partial charge in [0, 0.05) is 0 Å². The van der Waals surface area contributed by atoms with E-state index in [1.165, 1.54) is 0 Å². The lowest BCUT2D eigenvalue weighted by Crippen LogP contribution is -2.01. The summed E-state index contributed by atoms with van der Waals surface area (Å²) in [6.07, 6.45) is 0. The van der Waals surface area contributed by atoms with Crippen LogP contribution in [0.3, 0.4) is 0 Å². The minimum atomic E-state index is 0.792. The van der Waals surface area contributed by atoms with Crippen molar-refractivity contribution in [3.8, 4) is 11.5 Å². The molecule has 5 rings (SSSR count). The second kappa shape index (κ2) is 6.72. The highest BCUT2D eigenvalue weighted by atomic mass is 32.2. The maximum Gasteiger partial charge on any atom is 0.204 e. The van der Waals surface area contributed by atoms with Gasteiger partial charge in [0.1, 0.15) is 11.5 Å². The molecule has 0 saturated carbocycles. The predicted octanol–water partition coefficient (Wildman–Crippen LogP) is 6.39. The van der Waals surface area contributed by atoms with Crippen LogP contribution >= 0.6 is 23.1 Å². The summed E-state index contributed by atoms with van der Waals surface area (Å²) in [4.78, 5) is 6.78. The average molecular weight is 390 g/mol. The molecule has 1 aliphatic heterocycles. The van der Waals surface area contributed by atoms with Crippen LogP contribution < -0.4 is 10.2 Å². The Morgan fingerprint density at radius 3 is 2.70 bits per heavy atom. The highest BCUT2D eigenvalue weighted by molar-refractivity contribution is 7.99. The number of rotatable bonds is 3. The summed E-state index contributed by atoms with van der Waals surface area (Å²) in [6, 6.07) is 22.3. The Balaban J connectivity index is 1.39. The molecule has 0 atom stereocenters. The second-order valence-electron chi connectivity index (χ2n) is 6.11. The third-order valence-electron chi connectivity index (χ3n) is 4.26. The van der Waals surface area contributed by atoms with Crippen molar-refractivity contribution in [3.63, 3.8) is 0 Å². The van der Waals surface area contributed by atoms with Crippen molar-refractivity contribution in [1.82, 2.24) is 4.98 Å². The van der Waals surface area contributed by atoms with Crippen molar-refractivity contribution < 1.29 is 4.74 Å². The van der Waals surface area contributed by atoms with E-state index in [0.29, 0.717) is 0 Å². The summed E-state index contributed by atoms with van der Waals surface area (Å²) >= 11 is 3.32. The molecule has 0 bridgehead atoms. The molecular formula is C21H15N3OS2. The van der Waals surface area contributed by atoms with Gasteiger partial charge >= 0.3 is 0 Å². The Bertz CT molecular complexity index is 1150. The molecule has 3 aromatic carbocycles. The molecule has 0 unspecified atom stereocenters. The molecule has 4 nitrogen and oxygen atoms in total. The van der Waals surface area contributed by atoms with Crippen molar-refractivity contribution in [2.45, 2.75) is 16.7 Å². The number of hydrazone groups is 1. The van der Waals surface area contributed by atoms with Crippen molar-refractivity contribution >= 4 is 44.2 Å². The molecule has 1 aromatic heterocycles. The largest absolute Gasteiger partial charge is 0.455 e. The van der Waals surface area contributed by atoms with Gasteiger partial charge in [-0.2, -0.15) is 5.10 Å². The van der Waals surface area contributed by atoms with Crippen LogP contribution in [0.25, 0.3) is 10.2 Å². The normalized spacial score (nSPS) is 13.0. The van der Waals surface area contributed by atoms with Crippen LogP contribution in [-0.2, 0) is 0 Å². The van der Waals surface area contributed by atoms with E-state index >= 15 is 0 Å². The van der Waals surface area contributed by atoms with Gasteiger partial charge in [-0.05, 0) is 55.0 Å². The molecule has 0 spiro atoms. The quantitative estimate of drug-likeness (QED) is 0.287. The summed E-state index contributed by atoms with van der Waals surface area (Å²) < 4.78 is 7.14. The van der Waals surface area contributed by atoms with Crippen LogP contribution in [0.4, 0.5) is 5.13 Å². The molecule has 27 heavy (non-hydrogen) atoms. The lowest BCUT2D eigenvalue weighted by Gasteiger charge is -2.19. The second-order valence-corrected chi connectivity index (χ2v) is 8.22. The van der Waals surface area contributed by atoms with Crippen LogP contribution in [-0.4, -0.2) is 10.7 Å². The molecule has 6 heteroatoms. The monoisotopic (exact) mass is 389 g/mol. The first kappa shape index (κ1) is 16.4. The number of anilines is 1. The lowest BCUT2D eigenvalue weighted by molar-refractivity contribution is 0.454.